The summed E-state index contributed by atoms with van der Waals surface area (Å²) in [5.41, 5.74) is 1.27. The molecule has 0 amide bonds. The van der Waals surface area contributed by atoms with Crippen molar-refractivity contribution in [2.75, 3.05) is 13.2 Å². The zero-order valence-electron chi connectivity index (χ0n) is 14.0. The lowest BCUT2D eigenvalue weighted by Crippen LogP contribution is -2.00. The summed E-state index contributed by atoms with van der Waals surface area (Å²) in [5, 5.41) is 4.25. The highest BCUT2D eigenvalue weighted by molar-refractivity contribution is 6.11. The standard InChI is InChI=1S/C22H22O2/c1-4-13-23-21-17-9-7-8-10-18(17)22(24-14-5-2)20-15-16(6-3)11-12-19(20)21/h4-5,7-12,15H,1-2,6,13-14H2,3H3. The van der Waals surface area contributed by atoms with Gasteiger partial charge in [-0.1, -0.05) is 68.6 Å². The van der Waals surface area contributed by atoms with Crippen LogP contribution in [-0.2, 0) is 6.42 Å². The molecule has 3 aromatic carbocycles. The van der Waals surface area contributed by atoms with E-state index in [1.165, 1.54) is 5.56 Å². The largest absolute Gasteiger partial charge is 0.488 e. The molecule has 0 bridgehead atoms. The summed E-state index contributed by atoms with van der Waals surface area (Å²) in [4.78, 5) is 0. The van der Waals surface area contributed by atoms with E-state index in [0.717, 1.165) is 39.5 Å². The van der Waals surface area contributed by atoms with Gasteiger partial charge in [0.15, 0.2) is 0 Å². The molecule has 3 aromatic rings. The molecule has 0 unspecified atom stereocenters. The highest BCUT2D eigenvalue weighted by Gasteiger charge is 2.16. The van der Waals surface area contributed by atoms with Gasteiger partial charge in [0.1, 0.15) is 24.7 Å². The predicted molar refractivity (Wildman–Crippen MR) is 102 cm³/mol. The summed E-state index contributed by atoms with van der Waals surface area (Å²) >= 11 is 0. The molecule has 122 valence electrons. The second kappa shape index (κ2) is 7.22. The van der Waals surface area contributed by atoms with Crippen LogP contribution in [0, 0.1) is 0 Å². The Morgan fingerprint density at radius 1 is 0.792 bits per heavy atom. The van der Waals surface area contributed by atoms with Crippen molar-refractivity contribution >= 4 is 21.5 Å². The maximum Gasteiger partial charge on any atom is 0.135 e. The van der Waals surface area contributed by atoms with Crippen molar-refractivity contribution < 1.29 is 9.47 Å². The van der Waals surface area contributed by atoms with Gasteiger partial charge >= 0.3 is 0 Å². The van der Waals surface area contributed by atoms with Crippen molar-refractivity contribution in [2.45, 2.75) is 13.3 Å². The lowest BCUT2D eigenvalue weighted by Gasteiger charge is -2.17. The van der Waals surface area contributed by atoms with Crippen molar-refractivity contribution in [1.82, 2.24) is 0 Å². The Bertz CT molecular complexity index is 893. The number of hydrogen-bond acceptors (Lipinski definition) is 2. The SMILES string of the molecule is C=CCOc1c2ccccc2c(OCC=C)c2cc(CC)ccc12. The van der Waals surface area contributed by atoms with E-state index in [4.69, 9.17) is 9.47 Å². The Morgan fingerprint density at radius 2 is 1.33 bits per heavy atom. The van der Waals surface area contributed by atoms with Gasteiger partial charge in [0.25, 0.3) is 0 Å². The zero-order chi connectivity index (χ0) is 16.9. The van der Waals surface area contributed by atoms with Crippen molar-refractivity contribution in [1.29, 1.82) is 0 Å². The summed E-state index contributed by atoms with van der Waals surface area (Å²) in [6.45, 7) is 10.6. The molecule has 24 heavy (non-hydrogen) atoms. The molecular formula is C22H22O2. The van der Waals surface area contributed by atoms with E-state index in [2.05, 4.69) is 50.4 Å². The van der Waals surface area contributed by atoms with Gasteiger partial charge in [-0.05, 0) is 18.1 Å². The first kappa shape index (κ1) is 16.1. The number of fused-ring (bicyclic) bond motifs is 2. The van der Waals surface area contributed by atoms with E-state index >= 15 is 0 Å². The summed E-state index contributed by atoms with van der Waals surface area (Å²) in [6, 6.07) is 14.7. The highest BCUT2D eigenvalue weighted by atomic mass is 16.5. The Hall–Kier alpha value is -2.74. The number of rotatable bonds is 7. The van der Waals surface area contributed by atoms with Crippen LogP contribution in [0.3, 0.4) is 0 Å². The van der Waals surface area contributed by atoms with Crippen molar-refractivity contribution in [2.24, 2.45) is 0 Å². The van der Waals surface area contributed by atoms with Crippen LogP contribution in [0.25, 0.3) is 21.5 Å². The van der Waals surface area contributed by atoms with E-state index in [-0.39, 0.29) is 0 Å². The first-order valence-electron chi connectivity index (χ1n) is 8.24. The van der Waals surface area contributed by atoms with Crippen LogP contribution in [0.15, 0.2) is 67.8 Å². The maximum atomic E-state index is 6.05. The maximum absolute atomic E-state index is 6.05. The minimum atomic E-state index is 0.474. The van der Waals surface area contributed by atoms with Gasteiger partial charge in [0.2, 0.25) is 0 Å². The monoisotopic (exact) mass is 318 g/mol. The topological polar surface area (TPSA) is 18.5 Å². The van der Waals surface area contributed by atoms with E-state index in [0.29, 0.717) is 13.2 Å². The number of benzene rings is 3. The van der Waals surface area contributed by atoms with Crippen molar-refractivity contribution in [3.05, 3.63) is 73.3 Å². The number of aryl methyl sites for hydroxylation is 1. The number of hydrogen-bond donors (Lipinski definition) is 0. The first-order chi connectivity index (χ1) is 11.8. The Balaban J connectivity index is 2.38. The molecule has 0 fully saturated rings. The molecular weight excluding hydrogens is 296 g/mol. The van der Waals surface area contributed by atoms with Crippen LogP contribution in [0.5, 0.6) is 11.5 Å². The van der Waals surface area contributed by atoms with Crippen LogP contribution < -0.4 is 9.47 Å². The molecule has 0 atom stereocenters. The Kier molecular flexibility index (Phi) is 4.85. The summed E-state index contributed by atoms with van der Waals surface area (Å²) in [7, 11) is 0. The van der Waals surface area contributed by atoms with E-state index < -0.39 is 0 Å². The fraction of sp³-hybridized carbons (Fsp3) is 0.182. The van der Waals surface area contributed by atoms with Crippen LogP contribution in [0.1, 0.15) is 12.5 Å². The van der Waals surface area contributed by atoms with Gasteiger partial charge in [-0.3, -0.25) is 0 Å². The molecule has 3 rings (SSSR count). The molecule has 0 aliphatic heterocycles. The lowest BCUT2D eigenvalue weighted by molar-refractivity contribution is 0.365. The normalized spacial score (nSPS) is 10.7. The number of ether oxygens (including phenoxy) is 2. The molecule has 2 nitrogen and oxygen atoms in total. The molecule has 0 aromatic heterocycles. The fourth-order valence-electron chi connectivity index (χ4n) is 2.96. The van der Waals surface area contributed by atoms with E-state index in [9.17, 15) is 0 Å². The van der Waals surface area contributed by atoms with Crippen molar-refractivity contribution in [3.8, 4) is 11.5 Å². The van der Waals surface area contributed by atoms with Crippen molar-refractivity contribution in [3.63, 3.8) is 0 Å². The van der Waals surface area contributed by atoms with Crippen LogP contribution >= 0.6 is 0 Å². The van der Waals surface area contributed by atoms with Gasteiger partial charge in [-0.2, -0.15) is 0 Å². The fourth-order valence-corrected chi connectivity index (χ4v) is 2.96. The molecule has 0 radical (unpaired) electrons. The molecule has 0 spiro atoms. The van der Waals surface area contributed by atoms with Crippen LogP contribution in [-0.4, -0.2) is 13.2 Å². The molecule has 0 aliphatic carbocycles. The predicted octanol–water partition coefficient (Wildman–Crippen LogP) is 5.69. The zero-order valence-corrected chi connectivity index (χ0v) is 14.0. The first-order valence-corrected chi connectivity index (χ1v) is 8.24. The average molecular weight is 318 g/mol. The van der Waals surface area contributed by atoms with Gasteiger partial charge in [-0.15, -0.1) is 0 Å². The molecule has 0 saturated carbocycles. The average Bonchev–Trinajstić information content (AvgIpc) is 2.64. The van der Waals surface area contributed by atoms with Gasteiger partial charge in [-0.25, -0.2) is 0 Å². The second-order valence-corrected chi connectivity index (χ2v) is 5.64. The quantitative estimate of drug-likeness (QED) is 0.412. The van der Waals surface area contributed by atoms with E-state index in [1.807, 2.05) is 12.1 Å². The summed E-state index contributed by atoms with van der Waals surface area (Å²) in [5.74, 6) is 1.77. The molecule has 0 saturated heterocycles. The van der Waals surface area contributed by atoms with Crippen LogP contribution in [0.2, 0.25) is 0 Å². The highest BCUT2D eigenvalue weighted by Crippen LogP contribution is 2.43. The third-order valence-electron chi connectivity index (χ3n) is 4.09. The van der Waals surface area contributed by atoms with Gasteiger partial charge < -0.3 is 9.47 Å². The summed E-state index contributed by atoms with van der Waals surface area (Å²) < 4.78 is 12.1. The summed E-state index contributed by atoms with van der Waals surface area (Å²) in [6.07, 6.45) is 4.52. The minimum absolute atomic E-state index is 0.474. The van der Waals surface area contributed by atoms with Crippen LogP contribution in [0.4, 0.5) is 0 Å². The molecule has 0 aliphatic rings. The van der Waals surface area contributed by atoms with Gasteiger partial charge in [0, 0.05) is 21.5 Å². The van der Waals surface area contributed by atoms with E-state index in [1.54, 1.807) is 12.2 Å². The Morgan fingerprint density at radius 3 is 1.88 bits per heavy atom. The smallest absolute Gasteiger partial charge is 0.135 e. The third kappa shape index (κ3) is 2.88. The Labute approximate surface area is 143 Å². The molecule has 2 heteroatoms. The second-order valence-electron chi connectivity index (χ2n) is 5.64. The third-order valence-corrected chi connectivity index (χ3v) is 4.09. The van der Waals surface area contributed by atoms with Gasteiger partial charge in [0.05, 0.1) is 0 Å². The molecule has 0 heterocycles. The lowest BCUT2D eigenvalue weighted by atomic mass is 9.98. The molecule has 0 N–H and O–H groups in total. The minimum Gasteiger partial charge on any atom is -0.488 e.